The van der Waals surface area contributed by atoms with Gasteiger partial charge >= 0.3 is 0 Å². The summed E-state index contributed by atoms with van der Waals surface area (Å²) in [6, 6.07) is 11.5. The zero-order valence-electron chi connectivity index (χ0n) is 10.3. The molecule has 0 radical (unpaired) electrons. The monoisotopic (exact) mass is 244 g/mol. The minimum absolute atomic E-state index is 0.424. The fraction of sp³-hybridized carbons (Fsp3) is 0.231. The first-order valence-electron chi connectivity index (χ1n) is 5.74. The van der Waals surface area contributed by atoms with Gasteiger partial charge in [-0.3, -0.25) is 0 Å². The van der Waals surface area contributed by atoms with Crippen LogP contribution in [0.3, 0.4) is 0 Å². The second-order valence-corrected chi connectivity index (χ2v) is 3.87. The first-order valence-corrected chi connectivity index (χ1v) is 5.74. The van der Waals surface area contributed by atoms with Crippen LogP contribution in [-0.2, 0) is 6.42 Å². The van der Waals surface area contributed by atoms with Crippen LogP contribution >= 0.6 is 0 Å². The van der Waals surface area contributed by atoms with Gasteiger partial charge in [-0.1, -0.05) is 12.1 Å². The summed E-state index contributed by atoms with van der Waals surface area (Å²) in [5, 5.41) is 10.9. The van der Waals surface area contributed by atoms with Crippen molar-refractivity contribution >= 4 is 11.6 Å². The Labute approximate surface area is 106 Å². The second-order valence-electron chi connectivity index (χ2n) is 3.87. The van der Waals surface area contributed by atoms with E-state index in [1.807, 2.05) is 24.3 Å². The van der Waals surface area contributed by atoms with E-state index in [1.165, 1.54) is 5.56 Å². The Bertz CT molecular complexity index is 499. The highest BCUT2D eigenvalue weighted by atomic mass is 16.5. The second kappa shape index (κ2) is 5.86. The highest BCUT2D eigenvalue weighted by Gasteiger charge is 1.97. The van der Waals surface area contributed by atoms with Crippen LogP contribution in [0.1, 0.15) is 5.56 Å². The number of anilines is 2. The molecule has 0 amide bonds. The summed E-state index contributed by atoms with van der Waals surface area (Å²) >= 11 is 0. The van der Waals surface area contributed by atoms with Gasteiger partial charge in [-0.25, -0.2) is 0 Å². The van der Waals surface area contributed by atoms with E-state index in [0.717, 1.165) is 24.5 Å². The molecular weight excluding hydrogens is 228 g/mol. The van der Waals surface area contributed by atoms with Crippen molar-refractivity contribution in [1.82, 2.24) is 10.2 Å². The number of rotatable bonds is 5. The number of hydrogen-bond acceptors (Lipinski definition) is 5. The predicted octanol–water partition coefficient (Wildman–Crippen LogP) is 1.72. The Morgan fingerprint density at radius 2 is 2.11 bits per heavy atom. The van der Waals surface area contributed by atoms with Gasteiger partial charge in [-0.05, 0) is 36.2 Å². The number of nitrogen functional groups attached to an aromatic ring is 1. The third-order valence-electron chi connectivity index (χ3n) is 2.54. The molecule has 18 heavy (non-hydrogen) atoms. The summed E-state index contributed by atoms with van der Waals surface area (Å²) in [7, 11) is 1.67. The van der Waals surface area contributed by atoms with E-state index < -0.39 is 0 Å². The highest BCUT2D eigenvalue weighted by molar-refractivity contribution is 5.38. The summed E-state index contributed by atoms with van der Waals surface area (Å²) < 4.78 is 5.18. The first-order chi connectivity index (χ1) is 8.78. The molecule has 2 aromatic rings. The summed E-state index contributed by atoms with van der Waals surface area (Å²) in [6.45, 7) is 0.783. The molecule has 0 bridgehead atoms. The van der Waals surface area contributed by atoms with Crippen LogP contribution < -0.4 is 15.8 Å². The quantitative estimate of drug-likeness (QED) is 0.837. The lowest BCUT2D eigenvalue weighted by atomic mass is 10.1. The van der Waals surface area contributed by atoms with Gasteiger partial charge in [0, 0.05) is 6.54 Å². The zero-order chi connectivity index (χ0) is 12.8. The Morgan fingerprint density at radius 1 is 1.22 bits per heavy atom. The molecule has 1 aromatic heterocycles. The van der Waals surface area contributed by atoms with Gasteiger partial charge in [0.1, 0.15) is 17.4 Å². The van der Waals surface area contributed by atoms with Crippen LogP contribution in [0.5, 0.6) is 5.75 Å². The lowest BCUT2D eigenvalue weighted by Crippen LogP contribution is -2.07. The smallest absolute Gasteiger partial charge is 0.148 e. The summed E-state index contributed by atoms with van der Waals surface area (Å²) in [4.78, 5) is 0. The lowest BCUT2D eigenvalue weighted by molar-refractivity contribution is 0.414. The van der Waals surface area contributed by atoms with E-state index in [1.54, 1.807) is 13.2 Å². The molecule has 0 aliphatic carbocycles. The van der Waals surface area contributed by atoms with Crippen LogP contribution in [-0.4, -0.2) is 23.9 Å². The fourth-order valence-corrected chi connectivity index (χ4v) is 1.60. The van der Waals surface area contributed by atoms with Crippen molar-refractivity contribution in [2.75, 3.05) is 24.7 Å². The van der Waals surface area contributed by atoms with Crippen molar-refractivity contribution in [3.63, 3.8) is 0 Å². The average Bonchev–Trinajstić information content (AvgIpc) is 2.41. The van der Waals surface area contributed by atoms with Gasteiger partial charge < -0.3 is 15.8 Å². The van der Waals surface area contributed by atoms with Crippen molar-refractivity contribution < 1.29 is 4.74 Å². The third kappa shape index (κ3) is 3.35. The van der Waals surface area contributed by atoms with Crippen LogP contribution in [0.25, 0.3) is 0 Å². The number of hydrogen-bond donors (Lipinski definition) is 2. The molecule has 3 N–H and O–H groups in total. The molecule has 1 heterocycles. The molecule has 0 atom stereocenters. The third-order valence-corrected chi connectivity index (χ3v) is 2.54. The molecule has 0 saturated heterocycles. The van der Waals surface area contributed by atoms with Crippen LogP contribution in [0.2, 0.25) is 0 Å². The van der Waals surface area contributed by atoms with Crippen LogP contribution in [0, 0.1) is 0 Å². The molecule has 0 saturated carbocycles. The van der Waals surface area contributed by atoms with E-state index in [9.17, 15) is 0 Å². The number of nitrogens with two attached hydrogens (primary N) is 1. The number of aromatic nitrogens is 2. The zero-order valence-corrected chi connectivity index (χ0v) is 10.3. The molecule has 0 spiro atoms. The van der Waals surface area contributed by atoms with E-state index in [-0.39, 0.29) is 0 Å². The van der Waals surface area contributed by atoms with Gasteiger partial charge in [-0.2, -0.15) is 0 Å². The van der Waals surface area contributed by atoms with Crippen molar-refractivity contribution in [2.45, 2.75) is 6.42 Å². The van der Waals surface area contributed by atoms with Crippen molar-refractivity contribution in [2.24, 2.45) is 0 Å². The minimum Gasteiger partial charge on any atom is -0.497 e. The standard InChI is InChI=1S/C13H16N4O/c1-18-11-4-2-3-10(9-11)7-8-15-13-6-5-12(14)16-17-13/h2-6,9H,7-8H2,1H3,(H2,14,16)(H,15,17). The number of ether oxygens (including phenoxy) is 1. The Kier molecular flexibility index (Phi) is 3.96. The van der Waals surface area contributed by atoms with E-state index in [2.05, 4.69) is 21.6 Å². The number of nitrogens with one attached hydrogen (secondary N) is 1. The molecule has 2 rings (SSSR count). The lowest BCUT2D eigenvalue weighted by Gasteiger charge is -2.06. The first kappa shape index (κ1) is 12.2. The van der Waals surface area contributed by atoms with Gasteiger partial charge in [0.25, 0.3) is 0 Å². The Hall–Kier alpha value is -2.30. The summed E-state index contributed by atoms with van der Waals surface area (Å²) in [5.41, 5.74) is 6.68. The molecule has 5 nitrogen and oxygen atoms in total. The van der Waals surface area contributed by atoms with Gasteiger partial charge in [0.05, 0.1) is 7.11 Å². The Morgan fingerprint density at radius 3 is 2.83 bits per heavy atom. The fourth-order valence-electron chi connectivity index (χ4n) is 1.60. The predicted molar refractivity (Wildman–Crippen MR) is 71.6 cm³/mol. The minimum atomic E-state index is 0.424. The van der Waals surface area contributed by atoms with E-state index in [0.29, 0.717) is 5.82 Å². The van der Waals surface area contributed by atoms with Crippen molar-refractivity contribution in [1.29, 1.82) is 0 Å². The normalized spacial score (nSPS) is 10.1. The molecule has 94 valence electrons. The van der Waals surface area contributed by atoms with Crippen LogP contribution in [0.15, 0.2) is 36.4 Å². The Balaban J connectivity index is 1.86. The maximum atomic E-state index is 5.46. The molecule has 5 heteroatoms. The number of nitrogens with zero attached hydrogens (tertiary/aromatic N) is 2. The van der Waals surface area contributed by atoms with E-state index >= 15 is 0 Å². The number of methoxy groups -OCH3 is 1. The van der Waals surface area contributed by atoms with Gasteiger partial charge in [0.15, 0.2) is 0 Å². The average molecular weight is 244 g/mol. The van der Waals surface area contributed by atoms with Crippen molar-refractivity contribution in [3.8, 4) is 5.75 Å². The SMILES string of the molecule is COc1cccc(CCNc2ccc(N)nn2)c1. The van der Waals surface area contributed by atoms with Gasteiger partial charge in [0.2, 0.25) is 0 Å². The van der Waals surface area contributed by atoms with Gasteiger partial charge in [-0.15, -0.1) is 10.2 Å². The van der Waals surface area contributed by atoms with E-state index in [4.69, 9.17) is 10.5 Å². The largest absolute Gasteiger partial charge is 0.497 e. The van der Waals surface area contributed by atoms with Crippen molar-refractivity contribution in [3.05, 3.63) is 42.0 Å². The summed E-state index contributed by atoms with van der Waals surface area (Å²) in [5.74, 6) is 2.03. The molecule has 0 fully saturated rings. The molecular formula is C13H16N4O. The number of benzene rings is 1. The summed E-state index contributed by atoms with van der Waals surface area (Å²) in [6.07, 6.45) is 0.892. The maximum absolute atomic E-state index is 5.46. The molecule has 1 aromatic carbocycles. The molecule has 0 unspecified atom stereocenters. The molecule has 0 aliphatic heterocycles. The van der Waals surface area contributed by atoms with Crippen LogP contribution in [0.4, 0.5) is 11.6 Å². The maximum Gasteiger partial charge on any atom is 0.148 e. The highest BCUT2D eigenvalue weighted by Crippen LogP contribution is 2.13. The molecule has 0 aliphatic rings. The topological polar surface area (TPSA) is 73.1 Å².